The summed E-state index contributed by atoms with van der Waals surface area (Å²) in [6.45, 7) is 3.65. The SMILES string of the molecule is CC1=C(C#N)C(c2cccc(C(=O)O)c2)C(C#N)=C(C)N1C. The van der Waals surface area contributed by atoms with Crippen molar-refractivity contribution in [1.82, 2.24) is 4.90 Å². The first-order valence-electron chi connectivity index (χ1n) is 6.71. The number of nitrogens with zero attached hydrogens (tertiary/aromatic N) is 3. The maximum Gasteiger partial charge on any atom is 0.335 e. The Bertz CT molecular complexity index is 753. The molecule has 0 amide bonds. The number of carboxylic acids is 1. The molecule has 2 rings (SSSR count). The van der Waals surface area contributed by atoms with Crippen LogP contribution in [-0.2, 0) is 0 Å². The van der Waals surface area contributed by atoms with Gasteiger partial charge in [0.15, 0.2) is 0 Å². The van der Waals surface area contributed by atoms with E-state index in [4.69, 9.17) is 5.11 Å². The van der Waals surface area contributed by atoms with Crippen molar-refractivity contribution in [3.63, 3.8) is 0 Å². The van der Waals surface area contributed by atoms with Crippen molar-refractivity contribution in [3.8, 4) is 12.1 Å². The zero-order valence-electron chi connectivity index (χ0n) is 12.6. The molecule has 22 heavy (non-hydrogen) atoms. The summed E-state index contributed by atoms with van der Waals surface area (Å²) in [6.07, 6.45) is 0. The first-order valence-corrected chi connectivity index (χ1v) is 6.71. The lowest BCUT2D eigenvalue weighted by Crippen LogP contribution is -2.25. The Kier molecular flexibility index (Phi) is 4.01. The van der Waals surface area contributed by atoms with E-state index in [2.05, 4.69) is 12.1 Å². The number of rotatable bonds is 2. The van der Waals surface area contributed by atoms with Gasteiger partial charge in [0.25, 0.3) is 0 Å². The fraction of sp³-hybridized carbons (Fsp3) is 0.235. The second-order valence-corrected chi connectivity index (χ2v) is 5.14. The van der Waals surface area contributed by atoms with Gasteiger partial charge in [-0.15, -0.1) is 0 Å². The molecule has 5 nitrogen and oxygen atoms in total. The smallest absolute Gasteiger partial charge is 0.335 e. The Labute approximate surface area is 129 Å². The highest BCUT2D eigenvalue weighted by molar-refractivity contribution is 5.87. The average molecular weight is 293 g/mol. The summed E-state index contributed by atoms with van der Waals surface area (Å²) in [5.74, 6) is -1.56. The molecule has 110 valence electrons. The fourth-order valence-electron chi connectivity index (χ4n) is 2.65. The molecule has 0 spiro atoms. The van der Waals surface area contributed by atoms with Crippen molar-refractivity contribution >= 4 is 5.97 Å². The van der Waals surface area contributed by atoms with Gasteiger partial charge in [-0.05, 0) is 31.5 Å². The third-order valence-electron chi connectivity index (χ3n) is 4.07. The molecule has 1 heterocycles. The number of nitriles is 2. The van der Waals surface area contributed by atoms with E-state index in [0.717, 1.165) is 11.4 Å². The van der Waals surface area contributed by atoms with E-state index >= 15 is 0 Å². The molecule has 0 aliphatic carbocycles. The minimum atomic E-state index is -1.03. The third kappa shape index (κ3) is 2.34. The molecule has 1 aliphatic rings. The average Bonchev–Trinajstić information content (AvgIpc) is 2.52. The topological polar surface area (TPSA) is 88.1 Å². The Hall–Kier alpha value is -3.05. The molecule has 0 aromatic heterocycles. The van der Waals surface area contributed by atoms with Crippen molar-refractivity contribution in [2.75, 3.05) is 7.05 Å². The van der Waals surface area contributed by atoms with Crippen LogP contribution in [0.5, 0.6) is 0 Å². The number of hydrogen-bond donors (Lipinski definition) is 1. The van der Waals surface area contributed by atoms with Gasteiger partial charge in [-0.25, -0.2) is 4.79 Å². The minimum Gasteiger partial charge on any atom is -0.478 e. The lowest BCUT2D eigenvalue weighted by molar-refractivity contribution is 0.0696. The molecule has 0 saturated carbocycles. The van der Waals surface area contributed by atoms with Gasteiger partial charge >= 0.3 is 5.97 Å². The monoisotopic (exact) mass is 293 g/mol. The number of aromatic carboxylic acids is 1. The molecular formula is C17H15N3O2. The Morgan fingerprint density at radius 1 is 1.18 bits per heavy atom. The van der Waals surface area contributed by atoms with Crippen LogP contribution in [0.1, 0.15) is 35.7 Å². The molecule has 0 atom stereocenters. The number of carbonyl (C=O) groups is 1. The summed E-state index contributed by atoms with van der Waals surface area (Å²) in [5, 5.41) is 28.1. The van der Waals surface area contributed by atoms with Crippen LogP contribution < -0.4 is 0 Å². The summed E-state index contributed by atoms with van der Waals surface area (Å²) < 4.78 is 0. The van der Waals surface area contributed by atoms with Gasteiger partial charge < -0.3 is 10.0 Å². The molecule has 1 N–H and O–H groups in total. The Morgan fingerprint density at radius 3 is 2.18 bits per heavy atom. The highest BCUT2D eigenvalue weighted by Gasteiger charge is 2.31. The predicted molar refractivity (Wildman–Crippen MR) is 80.5 cm³/mol. The minimum absolute atomic E-state index is 0.140. The van der Waals surface area contributed by atoms with E-state index in [0.29, 0.717) is 16.7 Å². The van der Waals surface area contributed by atoms with E-state index in [1.165, 1.54) is 12.1 Å². The molecule has 5 heteroatoms. The molecule has 1 aromatic rings. The summed E-state index contributed by atoms with van der Waals surface area (Å²) in [4.78, 5) is 13.0. The van der Waals surface area contributed by atoms with E-state index in [1.54, 1.807) is 12.1 Å². The Balaban J connectivity index is 2.70. The van der Waals surface area contributed by atoms with Crippen LogP contribution in [-0.4, -0.2) is 23.0 Å². The first kappa shape index (κ1) is 15.3. The highest BCUT2D eigenvalue weighted by Crippen LogP contribution is 2.40. The molecule has 0 radical (unpaired) electrons. The summed E-state index contributed by atoms with van der Waals surface area (Å²) in [5.41, 5.74) is 3.25. The van der Waals surface area contributed by atoms with Crippen LogP contribution in [0.15, 0.2) is 46.8 Å². The second-order valence-electron chi connectivity index (χ2n) is 5.14. The molecular weight excluding hydrogens is 278 g/mol. The maximum absolute atomic E-state index is 11.2. The molecule has 0 saturated heterocycles. The van der Waals surface area contributed by atoms with E-state index in [9.17, 15) is 15.3 Å². The van der Waals surface area contributed by atoms with Crippen LogP contribution in [0.25, 0.3) is 0 Å². The Morgan fingerprint density at radius 2 is 1.73 bits per heavy atom. The number of carboxylic acid groups (broad SMARTS) is 1. The van der Waals surface area contributed by atoms with Crippen molar-refractivity contribution in [2.45, 2.75) is 19.8 Å². The number of hydrogen-bond acceptors (Lipinski definition) is 4. The third-order valence-corrected chi connectivity index (χ3v) is 4.07. The van der Waals surface area contributed by atoms with Crippen molar-refractivity contribution in [3.05, 3.63) is 57.9 Å². The van der Waals surface area contributed by atoms with Gasteiger partial charge in [-0.3, -0.25) is 0 Å². The van der Waals surface area contributed by atoms with Crippen molar-refractivity contribution in [1.29, 1.82) is 10.5 Å². The first-order chi connectivity index (χ1) is 10.4. The van der Waals surface area contributed by atoms with Gasteiger partial charge in [0.2, 0.25) is 0 Å². The summed E-state index contributed by atoms with van der Waals surface area (Å²) >= 11 is 0. The fourth-order valence-corrected chi connectivity index (χ4v) is 2.65. The van der Waals surface area contributed by atoms with Gasteiger partial charge in [0, 0.05) is 18.4 Å². The highest BCUT2D eigenvalue weighted by atomic mass is 16.4. The molecule has 0 fully saturated rings. The van der Waals surface area contributed by atoms with Crippen LogP contribution in [0, 0.1) is 22.7 Å². The van der Waals surface area contributed by atoms with E-state index in [-0.39, 0.29) is 5.56 Å². The van der Waals surface area contributed by atoms with Crippen LogP contribution in [0.3, 0.4) is 0 Å². The molecule has 1 aromatic carbocycles. The van der Waals surface area contributed by atoms with Gasteiger partial charge in [-0.2, -0.15) is 10.5 Å². The normalized spacial score (nSPS) is 15.6. The summed E-state index contributed by atoms with van der Waals surface area (Å²) in [6, 6.07) is 10.7. The lowest BCUT2D eigenvalue weighted by atomic mass is 9.80. The van der Waals surface area contributed by atoms with Crippen molar-refractivity contribution < 1.29 is 9.90 Å². The zero-order chi connectivity index (χ0) is 16.4. The zero-order valence-corrected chi connectivity index (χ0v) is 12.6. The summed E-state index contributed by atoms with van der Waals surface area (Å²) in [7, 11) is 1.81. The number of allylic oxidation sites excluding steroid dienone is 4. The van der Waals surface area contributed by atoms with E-state index in [1.807, 2.05) is 25.8 Å². The van der Waals surface area contributed by atoms with Crippen LogP contribution in [0.2, 0.25) is 0 Å². The second kappa shape index (κ2) is 5.75. The van der Waals surface area contributed by atoms with Crippen LogP contribution in [0.4, 0.5) is 0 Å². The van der Waals surface area contributed by atoms with Gasteiger partial charge in [0.05, 0.1) is 34.8 Å². The lowest BCUT2D eigenvalue weighted by Gasteiger charge is -2.32. The molecule has 0 unspecified atom stereocenters. The largest absolute Gasteiger partial charge is 0.478 e. The van der Waals surface area contributed by atoms with Gasteiger partial charge in [0.1, 0.15) is 0 Å². The standard InChI is InChI=1S/C17H15N3O2/c1-10-14(8-18)16(15(9-19)11(2)20(10)3)12-5-4-6-13(7-12)17(21)22/h4-7,16H,1-3H3,(H,21,22). The van der Waals surface area contributed by atoms with E-state index < -0.39 is 11.9 Å². The predicted octanol–water partition coefficient (Wildman–Crippen LogP) is 3.01. The quantitative estimate of drug-likeness (QED) is 0.905. The van der Waals surface area contributed by atoms with Crippen LogP contribution >= 0.6 is 0 Å². The molecule has 1 aliphatic heterocycles. The van der Waals surface area contributed by atoms with Crippen molar-refractivity contribution in [2.24, 2.45) is 0 Å². The maximum atomic E-state index is 11.2. The van der Waals surface area contributed by atoms with Gasteiger partial charge in [-0.1, -0.05) is 12.1 Å². The number of benzene rings is 1. The molecule has 0 bridgehead atoms.